The zero-order valence-electron chi connectivity index (χ0n) is 26.6. The van der Waals surface area contributed by atoms with Crippen molar-refractivity contribution in [3.63, 3.8) is 0 Å². The number of nitriles is 1. The van der Waals surface area contributed by atoms with E-state index in [0.717, 1.165) is 87.2 Å². The van der Waals surface area contributed by atoms with Crippen LogP contribution in [0.2, 0.25) is 5.02 Å². The molecule has 0 atom stereocenters. The number of rotatable bonds is 9. The third kappa shape index (κ3) is 7.38. The van der Waals surface area contributed by atoms with E-state index in [1.165, 1.54) is 0 Å². The molecule has 1 aromatic heterocycles. The Kier molecular flexibility index (Phi) is 9.64. The van der Waals surface area contributed by atoms with Crippen molar-refractivity contribution in [1.29, 1.82) is 5.26 Å². The second kappa shape index (κ2) is 13.8. The fourth-order valence-electron chi connectivity index (χ4n) is 6.81. The lowest BCUT2D eigenvalue weighted by molar-refractivity contribution is 0.0139. The van der Waals surface area contributed by atoms with Gasteiger partial charge < -0.3 is 19.6 Å². The van der Waals surface area contributed by atoms with Crippen LogP contribution in [0.3, 0.4) is 0 Å². The molecule has 0 saturated carbocycles. The predicted octanol–water partition coefficient (Wildman–Crippen LogP) is 5.10. The minimum atomic E-state index is -0.790. The van der Waals surface area contributed by atoms with E-state index >= 15 is 0 Å². The van der Waals surface area contributed by atoms with Crippen LogP contribution in [0.5, 0.6) is 5.75 Å². The molecule has 242 valence electrons. The van der Waals surface area contributed by atoms with Gasteiger partial charge in [-0.2, -0.15) is 5.26 Å². The Morgan fingerprint density at radius 1 is 1.02 bits per heavy atom. The summed E-state index contributed by atoms with van der Waals surface area (Å²) in [5.74, 6) is 2.11. The van der Waals surface area contributed by atoms with Gasteiger partial charge in [-0.3, -0.25) is 9.80 Å². The summed E-state index contributed by atoms with van der Waals surface area (Å²) in [6.45, 7) is 13.0. The second-order valence-corrected chi connectivity index (χ2v) is 13.7. The van der Waals surface area contributed by atoms with Crippen molar-refractivity contribution in [1.82, 2.24) is 24.7 Å². The highest BCUT2D eigenvalue weighted by atomic mass is 35.5. The van der Waals surface area contributed by atoms with Crippen molar-refractivity contribution in [3.05, 3.63) is 82.1 Å². The van der Waals surface area contributed by atoms with Gasteiger partial charge in [-0.15, -0.1) is 0 Å². The van der Waals surface area contributed by atoms with Gasteiger partial charge in [-0.25, -0.2) is 14.8 Å². The second-order valence-electron chi connectivity index (χ2n) is 13.2. The normalized spacial score (nSPS) is 18.7. The van der Waals surface area contributed by atoms with E-state index in [2.05, 4.69) is 51.7 Å². The van der Waals surface area contributed by atoms with Crippen LogP contribution in [0.15, 0.2) is 54.7 Å². The molecule has 0 unspecified atom stereocenters. The number of hydrogen-bond acceptors (Lipinski definition) is 8. The average molecular weight is 644 g/mol. The van der Waals surface area contributed by atoms with Crippen molar-refractivity contribution < 1.29 is 14.6 Å². The van der Waals surface area contributed by atoms with Crippen molar-refractivity contribution >= 4 is 23.6 Å². The number of ether oxygens (including phenoxy) is 1. The number of nitrogens with zero attached hydrogens (tertiary/aromatic N) is 7. The van der Waals surface area contributed by atoms with E-state index in [1.54, 1.807) is 11.0 Å². The van der Waals surface area contributed by atoms with E-state index in [4.69, 9.17) is 21.3 Å². The van der Waals surface area contributed by atoms with Crippen LogP contribution in [-0.2, 0) is 12.0 Å². The molecule has 11 heteroatoms. The van der Waals surface area contributed by atoms with Crippen molar-refractivity contribution in [2.24, 2.45) is 5.92 Å². The van der Waals surface area contributed by atoms with Crippen LogP contribution in [0.4, 0.5) is 10.7 Å². The molecule has 3 fully saturated rings. The maximum absolute atomic E-state index is 11.2. The molecule has 1 N–H and O–H groups in total. The monoisotopic (exact) mass is 643 g/mol. The summed E-state index contributed by atoms with van der Waals surface area (Å²) in [5, 5.41) is 19.1. The number of anilines is 1. The summed E-state index contributed by atoms with van der Waals surface area (Å²) in [6, 6.07) is 18.2. The van der Waals surface area contributed by atoms with Gasteiger partial charge in [-0.05, 0) is 66.3 Å². The third-order valence-electron chi connectivity index (χ3n) is 9.86. The first kappa shape index (κ1) is 32.0. The molecule has 0 radical (unpaired) electrons. The topological polar surface area (TPSA) is 109 Å². The summed E-state index contributed by atoms with van der Waals surface area (Å²) < 4.78 is 6.10. The molecule has 6 rings (SSSR count). The highest BCUT2D eigenvalue weighted by Gasteiger charge is 2.35. The van der Waals surface area contributed by atoms with Gasteiger partial charge in [0.15, 0.2) is 0 Å². The standard InChI is InChI=1S/C35H42ClN7O3/c1-35(2,28-17-26(20-37)18-29(36)19-28)27-3-5-32(6-4-27)46-24-30-7-10-38-33(39-30)42-15-13-41(14-16-42)31-22-40(23-31)21-25-8-11-43(12-9-25)34(44)45/h3-7,10,17-19,25,31H,8-9,11-16,21-24H2,1-2H3,(H,44,45). The summed E-state index contributed by atoms with van der Waals surface area (Å²) in [4.78, 5) is 29.5. The van der Waals surface area contributed by atoms with E-state index in [9.17, 15) is 15.2 Å². The number of benzene rings is 2. The number of carbonyl (C=O) groups is 1. The van der Waals surface area contributed by atoms with Gasteiger partial charge in [0, 0.05) is 81.6 Å². The third-order valence-corrected chi connectivity index (χ3v) is 10.1. The molecule has 1 amide bonds. The van der Waals surface area contributed by atoms with Crippen molar-refractivity contribution in [3.8, 4) is 11.8 Å². The minimum Gasteiger partial charge on any atom is -0.487 e. The molecule has 46 heavy (non-hydrogen) atoms. The summed E-state index contributed by atoms with van der Waals surface area (Å²) in [6.07, 6.45) is 2.96. The van der Waals surface area contributed by atoms with Crippen LogP contribution in [0, 0.1) is 17.2 Å². The van der Waals surface area contributed by atoms with E-state index in [-0.39, 0.29) is 5.41 Å². The van der Waals surface area contributed by atoms with Crippen molar-refractivity contribution in [2.75, 3.05) is 63.8 Å². The SMILES string of the molecule is CC(C)(c1ccc(OCc2ccnc(N3CCN(C4CN(CC5CCN(C(=O)O)CC5)C4)CC3)n2)cc1)c1cc(Cl)cc(C#N)c1. The number of hydrogen-bond donors (Lipinski definition) is 1. The lowest BCUT2D eigenvalue weighted by Crippen LogP contribution is -2.63. The van der Waals surface area contributed by atoms with Gasteiger partial charge in [0.05, 0.1) is 17.3 Å². The van der Waals surface area contributed by atoms with Gasteiger partial charge >= 0.3 is 6.09 Å². The summed E-state index contributed by atoms with van der Waals surface area (Å²) in [5.41, 5.74) is 3.14. The average Bonchev–Trinajstić information content (AvgIpc) is 3.05. The molecule has 0 bridgehead atoms. The Balaban J connectivity index is 0.954. The number of amides is 1. The molecular weight excluding hydrogens is 602 g/mol. The van der Waals surface area contributed by atoms with Crippen LogP contribution in [-0.4, -0.2) is 101 Å². The molecule has 3 saturated heterocycles. The number of likely N-dealkylation sites (tertiary alicyclic amines) is 2. The van der Waals surface area contributed by atoms with Gasteiger partial charge in [0.25, 0.3) is 0 Å². The first-order valence-corrected chi connectivity index (χ1v) is 16.5. The first-order chi connectivity index (χ1) is 22.2. The zero-order valence-corrected chi connectivity index (χ0v) is 27.4. The minimum absolute atomic E-state index is 0.332. The Labute approximate surface area is 276 Å². The molecule has 10 nitrogen and oxygen atoms in total. The Morgan fingerprint density at radius 3 is 2.41 bits per heavy atom. The predicted molar refractivity (Wildman–Crippen MR) is 177 cm³/mol. The highest BCUT2D eigenvalue weighted by molar-refractivity contribution is 6.30. The van der Waals surface area contributed by atoms with Gasteiger partial charge in [-0.1, -0.05) is 37.6 Å². The zero-order chi connectivity index (χ0) is 32.3. The number of piperazine rings is 1. The van der Waals surface area contributed by atoms with Gasteiger partial charge in [0.1, 0.15) is 12.4 Å². The summed E-state index contributed by atoms with van der Waals surface area (Å²) >= 11 is 6.28. The molecule has 0 aliphatic carbocycles. The molecule has 3 aliphatic rings. The Bertz CT molecular complexity index is 1560. The lowest BCUT2D eigenvalue weighted by Gasteiger charge is -2.49. The largest absolute Gasteiger partial charge is 0.487 e. The maximum Gasteiger partial charge on any atom is 0.407 e. The summed E-state index contributed by atoms with van der Waals surface area (Å²) in [7, 11) is 0. The maximum atomic E-state index is 11.2. The highest BCUT2D eigenvalue weighted by Crippen LogP contribution is 2.34. The molecule has 3 aromatic rings. The van der Waals surface area contributed by atoms with Crippen LogP contribution >= 0.6 is 11.6 Å². The van der Waals surface area contributed by atoms with Crippen molar-refractivity contribution in [2.45, 2.75) is 44.8 Å². The molecule has 3 aliphatic heterocycles. The Morgan fingerprint density at radius 2 is 1.74 bits per heavy atom. The van der Waals surface area contributed by atoms with Crippen LogP contribution in [0.25, 0.3) is 0 Å². The number of piperidine rings is 1. The van der Waals surface area contributed by atoms with E-state index in [0.29, 0.717) is 42.2 Å². The fraction of sp³-hybridized carbons (Fsp3) is 0.486. The van der Waals surface area contributed by atoms with E-state index in [1.807, 2.05) is 36.5 Å². The molecule has 4 heterocycles. The number of carboxylic acid groups (broad SMARTS) is 1. The lowest BCUT2D eigenvalue weighted by atomic mass is 9.78. The first-order valence-electron chi connectivity index (χ1n) is 16.1. The quantitative estimate of drug-likeness (QED) is 0.341. The molecular formula is C35H42ClN7O3. The Hall–Kier alpha value is -3.91. The van der Waals surface area contributed by atoms with E-state index < -0.39 is 6.09 Å². The number of aromatic nitrogens is 2. The molecule has 0 spiro atoms. The van der Waals surface area contributed by atoms with Crippen LogP contribution in [0.1, 0.15) is 49.1 Å². The number of halogens is 1. The smallest absolute Gasteiger partial charge is 0.407 e. The fourth-order valence-corrected chi connectivity index (χ4v) is 7.04. The van der Waals surface area contributed by atoms with Crippen LogP contribution < -0.4 is 9.64 Å². The molecule has 2 aromatic carbocycles. The van der Waals surface area contributed by atoms with Gasteiger partial charge in [0.2, 0.25) is 5.95 Å².